The molecule has 0 fully saturated rings. The number of pyridine rings is 1. The highest BCUT2D eigenvalue weighted by Gasteiger charge is 2.37. The van der Waals surface area contributed by atoms with Gasteiger partial charge < -0.3 is 10.2 Å². The summed E-state index contributed by atoms with van der Waals surface area (Å²) in [4.78, 5) is 4.45. The molecule has 0 bridgehead atoms. The molecule has 0 saturated heterocycles. The molecule has 0 amide bonds. The largest absolute Gasteiger partial charge is 0.508 e. The van der Waals surface area contributed by atoms with Gasteiger partial charge in [0.1, 0.15) is 5.75 Å². The predicted molar refractivity (Wildman–Crippen MR) is 90.2 cm³/mol. The summed E-state index contributed by atoms with van der Waals surface area (Å²) < 4.78 is 0. The predicted octanol–water partition coefficient (Wildman–Crippen LogP) is 3.83. The lowest BCUT2D eigenvalue weighted by Crippen LogP contribution is -2.31. The number of phenolic OH excluding ortho intramolecular Hbond substituents is 1. The molecule has 2 N–H and O–H groups in total. The summed E-state index contributed by atoms with van der Waals surface area (Å²) in [5.74, 6) is -0.206. The van der Waals surface area contributed by atoms with Crippen molar-refractivity contribution >= 4 is 0 Å². The van der Waals surface area contributed by atoms with E-state index >= 15 is 0 Å². The summed E-state index contributed by atoms with van der Waals surface area (Å²) in [6.07, 6.45) is 1.73. The molecule has 2 aromatic carbocycles. The number of aromatic nitrogens is 1. The minimum absolute atomic E-state index is 0.135. The number of phenols is 1. The fraction of sp³-hybridized carbons (Fsp3) is 0.150. The molecule has 1 heterocycles. The molecule has 0 aliphatic carbocycles. The second kappa shape index (κ2) is 6.23. The summed E-state index contributed by atoms with van der Waals surface area (Å²) in [7, 11) is 0. The maximum atomic E-state index is 11.3. The SMILES string of the molecule is C[C@](O)(c1cccc(O)c1)[C@@H](c1ccccc1)c1ccccn1. The topological polar surface area (TPSA) is 53.4 Å². The fourth-order valence-electron chi connectivity index (χ4n) is 2.96. The number of hydrogen-bond acceptors (Lipinski definition) is 3. The Labute approximate surface area is 135 Å². The number of benzene rings is 2. The average Bonchev–Trinajstić information content (AvgIpc) is 2.57. The highest BCUT2D eigenvalue weighted by molar-refractivity contribution is 5.39. The number of rotatable bonds is 4. The Balaban J connectivity index is 2.15. The van der Waals surface area contributed by atoms with E-state index in [1.54, 1.807) is 31.3 Å². The van der Waals surface area contributed by atoms with Crippen molar-refractivity contribution in [2.75, 3.05) is 0 Å². The van der Waals surface area contributed by atoms with E-state index in [1.807, 2.05) is 54.6 Å². The molecule has 0 radical (unpaired) electrons. The van der Waals surface area contributed by atoms with Gasteiger partial charge in [0.25, 0.3) is 0 Å². The van der Waals surface area contributed by atoms with Crippen molar-refractivity contribution in [1.82, 2.24) is 4.98 Å². The highest BCUT2D eigenvalue weighted by atomic mass is 16.3. The van der Waals surface area contributed by atoms with Crippen LogP contribution in [0.2, 0.25) is 0 Å². The van der Waals surface area contributed by atoms with E-state index in [9.17, 15) is 10.2 Å². The van der Waals surface area contributed by atoms with Crippen LogP contribution in [0.4, 0.5) is 0 Å². The number of hydrogen-bond donors (Lipinski definition) is 2. The lowest BCUT2D eigenvalue weighted by molar-refractivity contribution is 0.0378. The van der Waals surface area contributed by atoms with Crippen LogP contribution in [0.15, 0.2) is 79.0 Å². The quantitative estimate of drug-likeness (QED) is 0.770. The Hall–Kier alpha value is -2.65. The number of aliphatic hydroxyl groups is 1. The fourth-order valence-corrected chi connectivity index (χ4v) is 2.96. The molecular formula is C20H19NO2. The van der Waals surface area contributed by atoms with Gasteiger partial charge in [0.05, 0.1) is 17.2 Å². The van der Waals surface area contributed by atoms with Crippen LogP contribution in [0.3, 0.4) is 0 Å². The standard InChI is InChI=1S/C20H19NO2/c1-20(23,16-10-7-11-17(22)14-16)19(15-8-3-2-4-9-15)18-12-5-6-13-21-18/h2-14,19,22-23H,1H3/t19-,20-/m0/s1. The molecule has 1 aromatic heterocycles. The van der Waals surface area contributed by atoms with Crippen LogP contribution in [0.5, 0.6) is 5.75 Å². The lowest BCUT2D eigenvalue weighted by Gasteiger charge is -2.33. The summed E-state index contributed by atoms with van der Waals surface area (Å²) in [6.45, 7) is 1.76. The number of nitrogens with zero attached hydrogens (tertiary/aromatic N) is 1. The normalized spacial score (nSPS) is 14.9. The van der Waals surface area contributed by atoms with E-state index in [4.69, 9.17) is 0 Å². The molecule has 3 aromatic rings. The Kier molecular flexibility index (Phi) is 4.13. The Morgan fingerprint density at radius 3 is 2.30 bits per heavy atom. The van der Waals surface area contributed by atoms with Crippen LogP contribution in [0.1, 0.15) is 29.7 Å². The minimum atomic E-state index is -1.21. The van der Waals surface area contributed by atoms with Crippen molar-refractivity contribution in [3.63, 3.8) is 0 Å². The van der Waals surface area contributed by atoms with Crippen molar-refractivity contribution in [3.8, 4) is 5.75 Å². The van der Waals surface area contributed by atoms with Crippen LogP contribution in [-0.2, 0) is 5.60 Å². The van der Waals surface area contributed by atoms with E-state index in [1.165, 1.54) is 0 Å². The highest BCUT2D eigenvalue weighted by Crippen LogP contribution is 2.41. The zero-order chi connectivity index (χ0) is 16.3. The summed E-state index contributed by atoms with van der Waals surface area (Å²) in [5, 5.41) is 21.1. The molecule has 3 heteroatoms. The van der Waals surface area contributed by atoms with Crippen molar-refractivity contribution in [3.05, 3.63) is 95.8 Å². The minimum Gasteiger partial charge on any atom is -0.508 e. The van der Waals surface area contributed by atoms with Crippen molar-refractivity contribution in [1.29, 1.82) is 0 Å². The second-order valence-corrected chi connectivity index (χ2v) is 5.80. The smallest absolute Gasteiger partial charge is 0.115 e. The molecule has 2 atom stereocenters. The molecule has 23 heavy (non-hydrogen) atoms. The first-order chi connectivity index (χ1) is 11.1. The molecular weight excluding hydrogens is 286 g/mol. The van der Waals surface area contributed by atoms with Gasteiger partial charge in [-0.3, -0.25) is 4.98 Å². The number of aromatic hydroxyl groups is 1. The zero-order valence-electron chi connectivity index (χ0n) is 12.9. The van der Waals surface area contributed by atoms with E-state index in [0.717, 1.165) is 11.3 Å². The summed E-state index contributed by atoms with van der Waals surface area (Å²) in [5.41, 5.74) is 1.19. The third kappa shape index (κ3) is 3.10. The van der Waals surface area contributed by atoms with E-state index < -0.39 is 5.60 Å². The van der Waals surface area contributed by atoms with Gasteiger partial charge in [-0.15, -0.1) is 0 Å². The van der Waals surface area contributed by atoms with Gasteiger partial charge in [-0.1, -0.05) is 48.5 Å². The maximum Gasteiger partial charge on any atom is 0.115 e. The third-order valence-electron chi connectivity index (χ3n) is 4.11. The Bertz CT molecular complexity index is 730. The van der Waals surface area contributed by atoms with Crippen LogP contribution in [0.25, 0.3) is 0 Å². The van der Waals surface area contributed by atoms with E-state index in [0.29, 0.717) is 5.56 Å². The van der Waals surface area contributed by atoms with Crippen molar-refractivity contribution in [2.24, 2.45) is 0 Å². The first kappa shape index (κ1) is 15.3. The lowest BCUT2D eigenvalue weighted by atomic mass is 9.76. The van der Waals surface area contributed by atoms with Gasteiger partial charge >= 0.3 is 0 Å². The second-order valence-electron chi connectivity index (χ2n) is 5.80. The van der Waals surface area contributed by atoms with Crippen LogP contribution in [-0.4, -0.2) is 15.2 Å². The first-order valence-electron chi connectivity index (χ1n) is 7.57. The maximum absolute atomic E-state index is 11.3. The Morgan fingerprint density at radius 1 is 0.913 bits per heavy atom. The van der Waals surface area contributed by atoms with E-state index in [-0.39, 0.29) is 11.7 Å². The molecule has 3 rings (SSSR count). The van der Waals surface area contributed by atoms with Gasteiger partial charge in [0.15, 0.2) is 0 Å². The van der Waals surface area contributed by atoms with Gasteiger partial charge in [-0.25, -0.2) is 0 Å². The van der Waals surface area contributed by atoms with Crippen LogP contribution >= 0.6 is 0 Å². The molecule has 0 spiro atoms. The van der Waals surface area contributed by atoms with Crippen LogP contribution in [0, 0.1) is 0 Å². The summed E-state index contributed by atoms with van der Waals surface area (Å²) >= 11 is 0. The van der Waals surface area contributed by atoms with Crippen molar-refractivity contribution in [2.45, 2.75) is 18.4 Å². The van der Waals surface area contributed by atoms with Gasteiger partial charge in [0.2, 0.25) is 0 Å². The third-order valence-corrected chi connectivity index (χ3v) is 4.11. The van der Waals surface area contributed by atoms with E-state index in [2.05, 4.69) is 4.98 Å². The molecule has 0 aliphatic heterocycles. The molecule has 0 saturated carbocycles. The van der Waals surface area contributed by atoms with Gasteiger partial charge in [-0.05, 0) is 42.3 Å². The van der Waals surface area contributed by atoms with Gasteiger partial charge in [0, 0.05) is 6.20 Å². The molecule has 0 unspecified atom stereocenters. The average molecular weight is 305 g/mol. The molecule has 3 nitrogen and oxygen atoms in total. The molecule has 116 valence electrons. The van der Waals surface area contributed by atoms with Crippen LogP contribution < -0.4 is 0 Å². The zero-order valence-corrected chi connectivity index (χ0v) is 12.9. The summed E-state index contributed by atoms with van der Waals surface area (Å²) in [6, 6.07) is 22.2. The van der Waals surface area contributed by atoms with Gasteiger partial charge in [-0.2, -0.15) is 0 Å². The first-order valence-corrected chi connectivity index (χ1v) is 7.57. The monoisotopic (exact) mass is 305 g/mol. The Morgan fingerprint density at radius 2 is 1.65 bits per heavy atom. The molecule has 0 aliphatic rings. The van der Waals surface area contributed by atoms with Crippen molar-refractivity contribution < 1.29 is 10.2 Å².